The molecule has 5 nitrogen and oxygen atoms in total. The highest BCUT2D eigenvalue weighted by Crippen LogP contribution is 2.39. The Morgan fingerprint density at radius 1 is 0.784 bits per heavy atom. The first-order chi connectivity index (χ1) is 18.1. The zero-order valence-electron chi connectivity index (χ0n) is 19.8. The lowest BCUT2D eigenvalue weighted by atomic mass is 9.98. The average molecular weight is 508 g/mol. The molecule has 1 amide bonds. The van der Waals surface area contributed by atoms with Crippen LogP contribution in [0.5, 0.6) is 5.75 Å². The fraction of sp³-hybridized carbons (Fsp3) is 0.0968. The molecule has 0 saturated heterocycles. The predicted octanol–water partition coefficient (Wildman–Crippen LogP) is 6.77. The monoisotopic (exact) mass is 507 g/mol. The Hall–Kier alpha value is -4.35. The molecule has 5 aromatic rings. The van der Waals surface area contributed by atoms with Crippen LogP contribution in [0.15, 0.2) is 112 Å². The van der Waals surface area contributed by atoms with E-state index in [1.165, 1.54) is 0 Å². The highest BCUT2D eigenvalue weighted by Gasteiger charge is 2.42. The Kier molecular flexibility index (Phi) is 5.99. The first-order valence-corrected chi connectivity index (χ1v) is 12.3. The molecule has 1 aliphatic heterocycles. The van der Waals surface area contributed by atoms with Gasteiger partial charge >= 0.3 is 0 Å². The molecular weight excluding hydrogens is 486 g/mol. The van der Waals surface area contributed by atoms with Crippen molar-refractivity contribution in [3.05, 3.63) is 146 Å². The summed E-state index contributed by atoms with van der Waals surface area (Å²) in [5.74, 6) is 0.473. The minimum Gasteiger partial charge on any atom is -0.489 e. The number of carbonyl (C=O) groups excluding carboxylic acids is 1. The quantitative estimate of drug-likeness (QED) is 0.254. The normalized spacial score (nSPS) is 14.7. The molecule has 6 heteroatoms. The molecule has 182 valence electrons. The third kappa shape index (κ3) is 4.39. The van der Waals surface area contributed by atoms with E-state index in [-0.39, 0.29) is 17.1 Å². The van der Waals surface area contributed by atoms with E-state index < -0.39 is 6.04 Å². The molecule has 37 heavy (non-hydrogen) atoms. The number of benzene rings is 4. The van der Waals surface area contributed by atoms with E-state index in [0.29, 0.717) is 40.5 Å². The summed E-state index contributed by atoms with van der Waals surface area (Å²) in [7, 11) is 0. The highest BCUT2D eigenvalue weighted by atomic mass is 35.5. The second-order valence-corrected chi connectivity index (χ2v) is 9.41. The van der Waals surface area contributed by atoms with Gasteiger partial charge in [0.25, 0.3) is 5.91 Å². The maximum Gasteiger partial charge on any atom is 0.291 e. The average Bonchev–Trinajstić information content (AvgIpc) is 3.21. The zero-order chi connectivity index (χ0) is 25.4. The van der Waals surface area contributed by atoms with Crippen molar-refractivity contribution in [2.45, 2.75) is 19.2 Å². The number of fused-ring (bicyclic) bond motifs is 2. The van der Waals surface area contributed by atoms with Crippen LogP contribution < -0.4 is 10.2 Å². The van der Waals surface area contributed by atoms with Gasteiger partial charge in [0.05, 0.1) is 17.0 Å². The van der Waals surface area contributed by atoms with Crippen molar-refractivity contribution in [3.8, 4) is 5.75 Å². The van der Waals surface area contributed by atoms with E-state index in [0.717, 1.165) is 16.7 Å². The van der Waals surface area contributed by atoms with Gasteiger partial charge in [0.15, 0.2) is 5.43 Å². The lowest BCUT2D eigenvalue weighted by Gasteiger charge is -2.25. The van der Waals surface area contributed by atoms with Crippen LogP contribution in [0.4, 0.5) is 0 Å². The van der Waals surface area contributed by atoms with E-state index in [1.807, 2.05) is 66.7 Å². The number of nitrogens with zero attached hydrogens (tertiary/aromatic N) is 1. The lowest BCUT2D eigenvalue weighted by Crippen LogP contribution is -2.29. The smallest absolute Gasteiger partial charge is 0.291 e. The Labute approximate surface area is 218 Å². The first-order valence-electron chi connectivity index (χ1n) is 12.0. The van der Waals surface area contributed by atoms with Crippen LogP contribution in [-0.4, -0.2) is 10.8 Å². The fourth-order valence-electron chi connectivity index (χ4n) is 4.75. The maximum atomic E-state index is 13.6. The fourth-order valence-corrected chi connectivity index (χ4v) is 4.88. The molecule has 0 spiro atoms. The second kappa shape index (κ2) is 9.60. The number of carbonyl (C=O) groups is 1. The van der Waals surface area contributed by atoms with Crippen LogP contribution in [0, 0.1) is 0 Å². The Morgan fingerprint density at radius 2 is 1.49 bits per heavy atom. The summed E-state index contributed by atoms with van der Waals surface area (Å²) in [6.07, 6.45) is 0. The van der Waals surface area contributed by atoms with Crippen LogP contribution >= 0.6 is 11.6 Å². The third-order valence-electron chi connectivity index (χ3n) is 6.58. The minimum atomic E-state index is -0.595. The van der Waals surface area contributed by atoms with Gasteiger partial charge in [-0.3, -0.25) is 9.59 Å². The highest BCUT2D eigenvalue weighted by molar-refractivity contribution is 6.30. The molecule has 1 aliphatic rings. The van der Waals surface area contributed by atoms with Crippen molar-refractivity contribution in [3.63, 3.8) is 0 Å². The molecule has 6 rings (SSSR count). The maximum absolute atomic E-state index is 13.6. The van der Waals surface area contributed by atoms with E-state index in [1.54, 1.807) is 41.3 Å². The van der Waals surface area contributed by atoms with Crippen LogP contribution in [0.2, 0.25) is 5.02 Å². The zero-order valence-corrected chi connectivity index (χ0v) is 20.5. The van der Waals surface area contributed by atoms with Gasteiger partial charge in [-0.1, -0.05) is 78.3 Å². The molecular formula is C31H22ClNO4. The lowest BCUT2D eigenvalue weighted by molar-refractivity contribution is 0.0714. The molecule has 1 unspecified atom stereocenters. The summed E-state index contributed by atoms with van der Waals surface area (Å²) in [5.41, 5.74) is 3.33. The Morgan fingerprint density at radius 3 is 2.24 bits per heavy atom. The Bertz CT molecular complexity index is 1640. The molecule has 1 aromatic heterocycles. The second-order valence-electron chi connectivity index (χ2n) is 8.98. The van der Waals surface area contributed by atoms with E-state index in [2.05, 4.69) is 0 Å². The van der Waals surface area contributed by atoms with Crippen LogP contribution in [0.3, 0.4) is 0 Å². The van der Waals surface area contributed by atoms with Crippen molar-refractivity contribution < 1.29 is 13.9 Å². The third-order valence-corrected chi connectivity index (χ3v) is 6.84. The molecule has 0 saturated carbocycles. The number of para-hydroxylation sites is 1. The van der Waals surface area contributed by atoms with Gasteiger partial charge in [-0.15, -0.1) is 0 Å². The standard InChI is InChI=1S/C31H22ClNO4/c32-23-14-10-20(11-15-23)18-33-28(22-12-16-24(17-13-22)36-19-21-6-2-1-3-7-21)27-29(34)25-8-4-5-9-26(25)37-30(27)31(33)35/h1-17,28H,18-19H2. The van der Waals surface area contributed by atoms with Crippen molar-refractivity contribution >= 4 is 28.5 Å². The largest absolute Gasteiger partial charge is 0.489 e. The molecule has 1 atom stereocenters. The summed E-state index contributed by atoms with van der Waals surface area (Å²) >= 11 is 6.07. The van der Waals surface area contributed by atoms with Gasteiger partial charge in [-0.2, -0.15) is 0 Å². The minimum absolute atomic E-state index is 0.0899. The van der Waals surface area contributed by atoms with Gasteiger partial charge in [0.1, 0.15) is 17.9 Å². The predicted molar refractivity (Wildman–Crippen MR) is 143 cm³/mol. The van der Waals surface area contributed by atoms with Crippen LogP contribution in [-0.2, 0) is 13.2 Å². The number of rotatable bonds is 6. The summed E-state index contributed by atoms with van der Waals surface area (Å²) in [5, 5.41) is 1.07. The van der Waals surface area contributed by atoms with Crippen molar-refractivity contribution in [2.24, 2.45) is 0 Å². The molecule has 0 bridgehead atoms. The van der Waals surface area contributed by atoms with Crippen LogP contribution in [0.1, 0.15) is 38.9 Å². The molecule has 0 aliphatic carbocycles. The van der Waals surface area contributed by atoms with Gasteiger partial charge in [0, 0.05) is 11.6 Å². The van der Waals surface area contributed by atoms with Crippen molar-refractivity contribution in [1.82, 2.24) is 4.90 Å². The molecule has 4 aromatic carbocycles. The summed E-state index contributed by atoms with van der Waals surface area (Å²) in [4.78, 5) is 28.9. The molecule has 0 N–H and O–H groups in total. The van der Waals surface area contributed by atoms with Gasteiger partial charge in [-0.05, 0) is 53.1 Å². The van der Waals surface area contributed by atoms with E-state index in [4.69, 9.17) is 20.8 Å². The molecule has 2 heterocycles. The van der Waals surface area contributed by atoms with Crippen molar-refractivity contribution in [1.29, 1.82) is 0 Å². The van der Waals surface area contributed by atoms with Crippen molar-refractivity contribution in [2.75, 3.05) is 0 Å². The number of hydrogen-bond acceptors (Lipinski definition) is 4. The summed E-state index contributed by atoms with van der Waals surface area (Å²) in [6.45, 7) is 0.746. The van der Waals surface area contributed by atoms with E-state index in [9.17, 15) is 9.59 Å². The topological polar surface area (TPSA) is 59.8 Å². The van der Waals surface area contributed by atoms with E-state index >= 15 is 0 Å². The Balaban J connectivity index is 1.39. The van der Waals surface area contributed by atoms with Gasteiger partial charge in [0.2, 0.25) is 5.76 Å². The molecule has 0 radical (unpaired) electrons. The number of amides is 1. The number of ether oxygens (including phenoxy) is 1. The summed E-state index contributed by atoms with van der Waals surface area (Å²) in [6, 6.07) is 31.2. The van der Waals surface area contributed by atoms with Gasteiger partial charge < -0.3 is 14.1 Å². The SMILES string of the molecule is O=C1c2oc3ccccc3c(=O)c2C(c2ccc(OCc3ccccc3)cc2)N1Cc1ccc(Cl)cc1. The first kappa shape index (κ1) is 23.1. The molecule has 0 fully saturated rings. The van der Waals surface area contributed by atoms with Crippen LogP contribution in [0.25, 0.3) is 11.0 Å². The summed E-state index contributed by atoms with van der Waals surface area (Å²) < 4.78 is 12.0. The number of halogens is 1. The number of hydrogen-bond donors (Lipinski definition) is 0. The van der Waals surface area contributed by atoms with Gasteiger partial charge in [-0.25, -0.2) is 0 Å².